The van der Waals surface area contributed by atoms with Crippen molar-refractivity contribution in [2.75, 3.05) is 26.4 Å². The first-order chi connectivity index (χ1) is 35.0. The summed E-state index contributed by atoms with van der Waals surface area (Å²) in [5.74, 6) is -1.10. The van der Waals surface area contributed by atoms with E-state index in [2.05, 4.69) is 92.8 Å². The van der Waals surface area contributed by atoms with E-state index in [1.165, 1.54) is 0 Å². The Kier molecular flexibility index (Phi) is 36.9. The van der Waals surface area contributed by atoms with Gasteiger partial charge in [0.2, 0.25) is 0 Å². The summed E-state index contributed by atoms with van der Waals surface area (Å²) < 4.78 is 33.4. The van der Waals surface area contributed by atoms with E-state index >= 15 is 0 Å². The lowest BCUT2D eigenvalue weighted by molar-refractivity contribution is -0.332. The van der Waals surface area contributed by atoms with Gasteiger partial charge in [0.15, 0.2) is 18.7 Å². The second kappa shape index (κ2) is 41.8. The molecule has 0 saturated carbocycles. The lowest BCUT2D eigenvalue weighted by atomic mass is 9.98. The van der Waals surface area contributed by atoms with Crippen LogP contribution in [0, 0.1) is 0 Å². The minimum Gasteiger partial charge on any atom is -0.462 e. The van der Waals surface area contributed by atoms with Gasteiger partial charge < -0.3 is 64.2 Å². The molecule has 2 fully saturated rings. The molecule has 0 aromatic rings. The van der Waals surface area contributed by atoms with E-state index in [0.29, 0.717) is 25.7 Å². The third-order valence-corrected chi connectivity index (χ3v) is 10.9. The Balaban J connectivity index is 1.85. The summed E-state index contributed by atoms with van der Waals surface area (Å²) in [4.78, 5) is 25.7. The molecule has 0 spiro atoms. The van der Waals surface area contributed by atoms with Crippen LogP contribution in [0.1, 0.15) is 104 Å². The van der Waals surface area contributed by atoms with Gasteiger partial charge >= 0.3 is 11.9 Å². The summed E-state index contributed by atoms with van der Waals surface area (Å²) in [5.41, 5.74) is 0. The number of rotatable bonds is 36. The van der Waals surface area contributed by atoms with Crippen LogP contribution in [0.15, 0.2) is 146 Å². The molecule has 402 valence electrons. The quantitative estimate of drug-likeness (QED) is 0.0142. The number of ether oxygens (including phenoxy) is 6. The monoisotopic (exact) mass is 1010 g/mol. The molecule has 2 rings (SSSR count). The van der Waals surface area contributed by atoms with Crippen LogP contribution in [0.5, 0.6) is 0 Å². The maximum absolute atomic E-state index is 12.9. The lowest BCUT2D eigenvalue weighted by Gasteiger charge is -2.42. The molecule has 5 unspecified atom stereocenters. The SMILES string of the molecule is CC/C=C/C=C/C=C/C=C/C=C/CCCC(=O)OC(COC(=O)CCC/C=C/C/C=C/C/C=C/C/C=C/C/C=C/C/C=C/C/C=C/CC)CO[C@@H]1O[C@H](CO[C@@H]2O[C@H](CO)[C@H](O)C(O)C2O)[C@H](O)C(O)C1O. The van der Waals surface area contributed by atoms with Crippen LogP contribution in [-0.4, -0.2) is 142 Å². The van der Waals surface area contributed by atoms with Gasteiger partial charge in [0.05, 0.1) is 19.8 Å². The van der Waals surface area contributed by atoms with Crippen LogP contribution in [0.4, 0.5) is 0 Å². The van der Waals surface area contributed by atoms with Crippen LogP contribution in [0.2, 0.25) is 0 Å². The minimum absolute atomic E-state index is 0.0458. The standard InChI is InChI=1S/C57H84O15/c1-3-5-7-9-11-13-15-17-18-19-20-21-22-23-24-25-26-28-29-31-33-35-37-39-48(59)67-42-45(70-49(60)40-38-36-34-32-30-27-16-14-12-10-8-6-4-2)43-68-56-55(66)53(64)51(62)47(72-56)44-69-57-54(65)52(63)50(61)46(41-58)71-57/h5-8,10-14,16-18,20-21,23-24,26-28,30-34,45-47,50-58,61-66H,3-4,9,15,19,22,25,29,35-44H2,1-2H3/b7-5+,8-6+,12-10+,13-11+,16-14+,18-17+,21-20+,24-23+,28-26+,30-27+,33-31+,34-32+/t45?,46-,47-,50+,51+,52?,53?,54?,55?,56-,57-/m1/s1. The molecular formula is C57H84O15. The predicted octanol–water partition coefficient (Wildman–Crippen LogP) is 7.26. The van der Waals surface area contributed by atoms with Gasteiger partial charge in [0.1, 0.15) is 55.4 Å². The second-order valence-electron chi connectivity index (χ2n) is 17.0. The fourth-order valence-electron chi connectivity index (χ4n) is 6.82. The van der Waals surface area contributed by atoms with Crippen molar-refractivity contribution in [3.63, 3.8) is 0 Å². The van der Waals surface area contributed by atoms with Gasteiger partial charge in [-0.1, -0.05) is 160 Å². The van der Waals surface area contributed by atoms with E-state index in [9.17, 15) is 45.3 Å². The molecule has 11 atom stereocenters. The number of carbonyl (C=O) groups excluding carboxylic acids is 2. The van der Waals surface area contributed by atoms with Crippen LogP contribution in [0.3, 0.4) is 0 Å². The van der Waals surface area contributed by atoms with Crippen molar-refractivity contribution in [2.45, 2.75) is 171 Å². The summed E-state index contributed by atoms with van der Waals surface area (Å²) in [6.45, 7) is 2.14. The van der Waals surface area contributed by atoms with E-state index in [1.54, 1.807) is 0 Å². The molecule has 0 aromatic heterocycles. The number of esters is 2. The molecule has 2 aliphatic heterocycles. The zero-order valence-corrected chi connectivity index (χ0v) is 42.3. The van der Waals surface area contributed by atoms with Gasteiger partial charge in [-0.15, -0.1) is 0 Å². The zero-order valence-electron chi connectivity index (χ0n) is 42.3. The predicted molar refractivity (Wildman–Crippen MR) is 279 cm³/mol. The van der Waals surface area contributed by atoms with Gasteiger partial charge in [-0.05, 0) is 77.0 Å². The van der Waals surface area contributed by atoms with Gasteiger partial charge in [0, 0.05) is 12.8 Å². The van der Waals surface area contributed by atoms with Crippen molar-refractivity contribution < 1.29 is 73.8 Å². The highest BCUT2D eigenvalue weighted by molar-refractivity contribution is 5.70. The number of hydrogen-bond acceptors (Lipinski definition) is 15. The van der Waals surface area contributed by atoms with E-state index in [4.69, 9.17) is 28.4 Å². The maximum atomic E-state index is 12.9. The van der Waals surface area contributed by atoms with Crippen molar-refractivity contribution in [3.8, 4) is 0 Å². The first-order valence-electron chi connectivity index (χ1n) is 25.5. The molecule has 15 nitrogen and oxygen atoms in total. The number of allylic oxidation sites excluding steroid dienone is 24. The molecular weight excluding hydrogens is 925 g/mol. The van der Waals surface area contributed by atoms with E-state index in [-0.39, 0.29) is 19.4 Å². The van der Waals surface area contributed by atoms with Crippen molar-refractivity contribution in [3.05, 3.63) is 146 Å². The Morgan fingerprint density at radius 2 is 0.875 bits per heavy atom. The molecule has 15 heteroatoms. The molecule has 2 aliphatic rings. The second-order valence-corrected chi connectivity index (χ2v) is 17.0. The van der Waals surface area contributed by atoms with Gasteiger partial charge in [-0.3, -0.25) is 9.59 Å². The topological polar surface area (TPSA) is 231 Å². The smallest absolute Gasteiger partial charge is 0.306 e. The molecule has 0 bridgehead atoms. The molecule has 2 saturated heterocycles. The Morgan fingerprint density at radius 1 is 0.458 bits per heavy atom. The summed E-state index contributed by atoms with van der Waals surface area (Å²) in [5, 5.41) is 72.0. The molecule has 0 aliphatic carbocycles. The van der Waals surface area contributed by atoms with Crippen LogP contribution in [0.25, 0.3) is 0 Å². The molecule has 2 heterocycles. The minimum atomic E-state index is -1.80. The van der Waals surface area contributed by atoms with E-state index < -0.39 is 99.3 Å². The number of hydrogen-bond donors (Lipinski definition) is 7. The van der Waals surface area contributed by atoms with Crippen molar-refractivity contribution >= 4 is 11.9 Å². The number of unbranched alkanes of at least 4 members (excludes halogenated alkanes) is 2. The average molecular weight is 1010 g/mol. The Morgan fingerprint density at radius 3 is 1.39 bits per heavy atom. The van der Waals surface area contributed by atoms with Gasteiger partial charge in [-0.25, -0.2) is 0 Å². The Labute approximate surface area is 427 Å². The normalized spacial score (nSPS) is 26.2. The summed E-state index contributed by atoms with van der Waals surface area (Å²) >= 11 is 0. The fraction of sp³-hybridized carbons (Fsp3) is 0.544. The summed E-state index contributed by atoms with van der Waals surface area (Å²) in [6.07, 6.45) is 41.9. The first kappa shape index (κ1) is 63.5. The molecule has 0 amide bonds. The van der Waals surface area contributed by atoms with Crippen LogP contribution < -0.4 is 0 Å². The average Bonchev–Trinajstić information content (AvgIpc) is 3.37. The third kappa shape index (κ3) is 29.2. The fourth-order valence-corrected chi connectivity index (χ4v) is 6.82. The highest BCUT2D eigenvalue weighted by Gasteiger charge is 2.47. The number of carbonyl (C=O) groups is 2. The number of aliphatic hydroxyl groups excluding tert-OH is 7. The Hall–Kier alpha value is -4.62. The van der Waals surface area contributed by atoms with Gasteiger partial charge in [-0.2, -0.15) is 0 Å². The highest BCUT2D eigenvalue weighted by Crippen LogP contribution is 2.26. The molecule has 72 heavy (non-hydrogen) atoms. The maximum Gasteiger partial charge on any atom is 0.306 e. The lowest BCUT2D eigenvalue weighted by Crippen LogP contribution is -2.61. The zero-order chi connectivity index (χ0) is 52.4. The van der Waals surface area contributed by atoms with Crippen molar-refractivity contribution in [1.82, 2.24) is 0 Å². The van der Waals surface area contributed by atoms with E-state index in [1.807, 2.05) is 66.8 Å². The Bertz CT molecular complexity index is 1800. The molecule has 0 radical (unpaired) electrons. The van der Waals surface area contributed by atoms with E-state index in [0.717, 1.165) is 51.4 Å². The first-order valence-corrected chi connectivity index (χ1v) is 25.5. The number of aliphatic hydroxyl groups is 7. The van der Waals surface area contributed by atoms with Crippen molar-refractivity contribution in [2.24, 2.45) is 0 Å². The molecule has 0 aromatic carbocycles. The van der Waals surface area contributed by atoms with Crippen LogP contribution in [-0.2, 0) is 38.0 Å². The highest BCUT2D eigenvalue weighted by atomic mass is 16.7. The molecule has 7 N–H and O–H groups in total. The summed E-state index contributed by atoms with van der Waals surface area (Å²) in [7, 11) is 0. The largest absolute Gasteiger partial charge is 0.462 e. The van der Waals surface area contributed by atoms with Crippen LogP contribution >= 0.6 is 0 Å². The van der Waals surface area contributed by atoms with Gasteiger partial charge in [0.25, 0.3) is 0 Å². The summed E-state index contributed by atoms with van der Waals surface area (Å²) in [6, 6.07) is 0. The van der Waals surface area contributed by atoms with Crippen molar-refractivity contribution in [1.29, 1.82) is 0 Å². The third-order valence-electron chi connectivity index (χ3n) is 10.9.